The van der Waals surface area contributed by atoms with E-state index in [9.17, 15) is 5.11 Å². The lowest BCUT2D eigenvalue weighted by Crippen LogP contribution is -2.51. The van der Waals surface area contributed by atoms with Gasteiger partial charge in [0.15, 0.2) is 0 Å². The van der Waals surface area contributed by atoms with Crippen LogP contribution in [0.15, 0.2) is 30.3 Å². The predicted octanol–water partition coefficient (Wildman–Crippen LogP) is 2.97. The van der Waals surface area contributed by atoms with Gasteiger partial charge in [0.25, 0.3) is 0 Å². The van der Waals surface area contributed by atoms with E-state index < -0.39 is 11.2 Å². The van der Waals surface area contributed by atoms with E-state index in [0.717, 1.165) is 6.42 Å². The molecule has 1 aliphatic carbocycles. The van der Waals surface area contributed by atoms with E-state index in [1.807, 2.05) is 26.8 Å². The third kappa shape index (κ3) is 2.12. The average molecular weight is 234 g/mol. The first-order chi connectivity index (χ1) is 7.90. The predicted molar refractivity (Wildman–Crippen MR) is 69.0 cm³/mol. The molecule has 1 N–H and O–H groups in total. The Balaban J connectivity index is 2.13. The van der Waals surface area contributed by atoms with E-state index in [-0.39, 0.29) is 0 Å². The van der Waals surface area contributed by atoms with Gasteiger partial charge in [0.1, 0.15) is 0 Å². The van der Waals surface area contributed by atoms with Crippen LogP contribution in [-0.2, 0) is 4.74 Å². The Morgan fingerprint density at radius 2 is 1.76 bits per heavy atom. The minimum atomic E-state index is -0.789. The molecule has 1 fully saturated rings. The highest BCUT2D eigenvalue weighted by Crippen LogP contribution is 2.56. The van der Waals surface area contributed by atoms with Crippen LogP contribution in [0.25, 0.3) is 0 Å². The first-order valence-electron chi connectivity index (χ1n) is 6.22. The molecular formula is C15H22O2. The van der Waals surface area contributed by atoms with Gasteiger partial charge in [-0.2, -0.15) is 0 Å². The lowest BCUT2D eigenvalue weighted by atomic mass is 9.81. The fourth-order valence-corrected chi connectivity index (χ4v) is 2.54. The normalized spacial score (nSPS) is 27.6. The van der Waals surface area contributed by atoms with E-state index >= 15 is 0 Å². The monoisotopic (exact) mass is 234 g/mol. The van der Waals surface area contributed by atoms with E-state index in [0.29, 0.717) is 11.8 Å². The Labute approximate surface area is 104 Å². The zero-order valence-electron chi connectivity index (χ0n) is 11.1. The molecule has 0 spiro atoms. The topological polar surface area (TPSA) is 29.5 Å². The molecule has 1 aliphatic rings. The van der Waals surface area contributed by atoms with Crippen molar-refractivity contribution in [1.29, 1.82) is 0 Å². The van der Waals surface area contributed by atoms with Crippen molar-refractivity contribution in [2.24, 2.45) is 5.92 Å². The van der Waals surface area contributed by atoms with Crippen LogP contribution < -0.4 is 0 Å². The summed E-state index contributed by atoms with van der Waals surface area (Å²) in [7, 11) is 1.66. The van der Waals surface area contributed by atoms with Crippen molar-refractivity contribution >= 4 is 0 Å². The summed E-state index contributed by atoms with van der Waals surface area (Å²) in [5, 5.41) is 10.7. The molecule has 1 aromatic rings. The number of benzene rings is 1. The summed E-state index contributed by atoms with van der Waals surface area (Å²) in [5.74, 6) is 0.764. The maximum atomic E-state index is 10.7. The van der Waals surface area contributed by atoms with Gasteiger partial charge in [-0.3, -0.25) is 0 Å². The van der Waals surface area contributed by atoms with Gasteiger partial charge in [0.05, 0.1) is 11.2 Å². The van der Waals surface area contributed by atoms with Crippen LogP contribution in [0.2, 0.25) is 0 Å². The number of hydrogen-bond donors (Lipinski definition) is 1. The Kier molecular flexibility index (Phi) is 3.04. The summed E-state index contributed by atoms with van der Waals surface area (Å²) in [6, 6.07) is 10.4. The number of aliphatic hydroxyl groups is 1. The molecule has 0 aliphatic heterocycles. The zero-order chi connectivity index (χ0) is 12.7. The largest absolute Gasteiger partial charge is 0.387 e. The number of methoxy groups -OCH3 is 1. The van der Waals surface area contributed by atoms with Gasteiger partial charge < -0.3 is 9.84 Å². The molecule has 0 radical (unpaired) electrons. The number of ether oxygens (including phenoxy) is 1. The van der Waals surface area contributed by atoms with Crippen LogP contribution >= 0.6 is 0 Å². The number of rotatable bonds is 4. The standard InChI is InChI=1S/C15H22O2/c1-14(2,17-4)15(3,16)13-10-12(13)11-8-6-5-7-9-11/h5-9,12-13,16H,10H2,1-4H3. The lowest BCUT2D eigenvalue weighted by Gasteiger charge is -2.39. The van der Waals surface area contributed by atoms with Gasteiger partial charge in [0.2, 0.25) is 0 Å². The Morgan fingerprint density at radius 3 is 2.29 bits per heavy atom. The van der Waals surface area contributed by atoms with E-state index in [4.69, 9.17) is 4.74 Å². The zero-order valence-corrected chi connectivity index (χ0v) is 11.1. The summed E-state index contributed by atoms with van der Waals surface area (Å²) in [5.41, 5.74) is 0.0216. The Bertz CT molecular complexity index is 381. The molecular weight excluding hydrogens is 212 g/mol. The minimum absolute atomic E-state index is 0.292. The molecule has 0 saturated heterocycles. The average Bonchev–Trinajstić information content (AvgIpc) is 3.10. The van der Waals surface area contributed by atoms with Crippen LogP contribution in [0.1, 0.15) is 38.7 Å². The molecule has 2 heteroatoms. The van der Waals surface area contributed by atoms with Gasteiger partial charge in [-0.25, -0.2) is 0 Å². The molecule has 1 saturated carbocycles. The SMILES string of the molecule is COC(C)(C)C(C)(O)C1CC1c1ccccc1. The van der Waals surface area contributed by atoms with Gasteiger partial charge >= 0.3 is 0 Å². The van der Waals surface area contributed by atoms with Crippen LogP contribution in [0.4, 0.5) is 0 Å². The van der Waals surface area contributed by atoms with E-state index in [2.05, 4.69) is 24.3 Å². The van der Waals surface area contributed by atoms with Crippen LogP contribution in [0, 0.1) is 5.92 Å². The van der Waals surface area contributed by atoms with Crippen molar-refractivity contribution < 1.29 is 9.84 Å². The third-order valence-corrected chi connectivity index (χ3v) is 4.47. The smallest absolute Gasteiger partial charge is 0.0936 e. The van der Waals surface area contributed by atoms with E-state index in [1.54, 1.807) is 7.11 Å². The molecule has 0 bridgehead atoms. The highest BCUT2D eigenvalue weighted by molar-refractivity contribution is 5.28. The lowest BCUT2D eigenvalue weighted by molar-refractivity contribution is -0.152. The van der Waals surface area contributed by atoms with Crippen molar-refractivity contribution in [3.63, 3.8) is 0 Å². The second-order valence-electron chi connectivity index (χ2n) is 5.72. The summed E-state index contributed by atoms with van der Waals surface area (Å²) in [6.45, 7) is 5.80. The third-order valence-electron chi connectivity index (χ3n) is 4.47. The van der Waals surface area contributed by atoms with Crippen molar-refractivity contribution in [1.82, 2.24) is 0 Å². The molecule has 2 rings (SSSR count). The second kappa shape index (κ2) is 4.11. The molecule has 0 aromatic heterocycles. The summed E-state index contributed by atoms with van der Waals surface area (Å²) in [6.07, 6.45) is 1.05. The summed E-state index contributed by atoms with van der Waals surface area (Å²) < 4.78 is 5.44. The van der Waals surface area contributed by atoms with Gasteiger partial charge in [-0.05, 0) is 44.6 Å². The number of hydrogen-bond acceptors (Lipinski definition) is 2. The quantitative estimate of drug-likeness (QED) is 0.868. The Morgan fingerprint density at radius 1 is 1.18 bits per heavy atom. The molecule has 0 heterocycles. The first-order valence-corrected chi connectivity index (χ1v) is 6.22. The molecule has 1 aromatic carbocycles. The summed E-state index contributed by atoms with van der Waals surface area (Å²) >= 11 is 0. The van der Waals surface area contributed by atoms with Gasteiger partial charge in [-0.15, -0.1) is 0 Å². The fourth-order valence-electron chi connectivity index (χ4n) is 2.54. The van der Waals surface area contributed by atoms with Crippen molar-refractivity contribution in [3.8, 4) is 0 Å². The summed E-state index contributed by atoms with van der Waals surface area (Å²) in [4.78, 5) is 0. The minimum Gasteiger partial charge on any atom is -0.387 e. The van der Waals surface area contributed by atoms with Crippen molar-refractivity contribution in [2.75, 3.05) is 7.11 Å². The Hall–Kier alpha value is -0.860. The molecule has 3 atom stereocenters. The van der Waals surface area contributed by atoms with Crippen LogP contribution in [-0.4, -0.2) is 23.4 Å². The maximum Gasteiger partial charge on any atom is 0.0936 e. The molecule has 94 valence electrons. The van der Waals surface area contributed by atoms with Crippen molar-refractivity contribution in [3.05, 3.63) is 35.9 Å². The maximum absolute atomic E-state index is 10.7. The molecule has 17 heavy (non-hydrogen) atoms. The van der Waals surface area contributed by atoms with Crippen LogP contribution in [0.3, 0.4) is 0 Å². The van der Waals surface area contributed by atoms with Crippen molar-refractivity contribution in [2.45, 2.75) is 44.3 Å². The molecule has 2 nitrogen and oxygen atoms in total. The van der Waals surface area contributed by atoms with E-state index in [1.165, 1.54) is 5.56 Å². The van der Waals surface area contributed by atoms with Gasteiger partial charge in [0, 0.05) is 7.11 Å². The fraction of sp³-hybridized carbons (Fsp3) is 0.600. The van der Waals surface area contributed by atoms with Crippen LogP contribution in [0.5, 0.6) is 0 Å². The molecule has 0 amide bonds. The first kappa shape index (κ1) is 12.6. The highest BCUT2D eigenvalue weighted by atomic mass is 16.5. The van der Waals surface area contributed by atoms with Gasteiger partial charge in [-0.1, -0.05) is 30.3 Å². The second-order valence-corrected chi connectivity index (χ2v) is 5.72. The molecule has 3 unspecified atom stereocenters. The highest BCUT2D eigenvalue weighted by Gasteiger charge is 2.56.